The van der Waals surface area contributed by atoms with Crippen molar-refractivity contribution in [3.63, 3.8) is 0 Å². The van der Waals surface area contributed by atoms with E-state index in [-0.39, 0.29) is 0 Å². The summed E-state index contributed by atoms with van der Waals surface area (Å²) in [5, 5.41) is 8.04. The van der Waals surface area contributed by atoms with Crippen LogP contribution >= 0.6 is 24.0 Å². The van der Waals surface area contributed by atoms with Crippen molar-refractivity contribution >= 4 is 34.8 Å². The van der Waals surface area contributed by atoms with E-state index in [1.54, 1.807) is 7.11 Å². The second-order valence-electron chi connectivity index (χ2n) is 5.60. The predicted molar refractivity (Wildman–Crippen MR) is 101 cm³/mol. The average molecular weight is 339 g/mol. The van der Waals surface area contributed by atoms with E-state index >= 15 is 0 Å². The zero-order valence-corrected chi connectivity index (χ0v) is 14.9. The molecule has 1 aromatic rings. The monoisotopic (exact) mass is 338 g/mol. The molecule has 0 aliphatic heterocycles. The van der Waals surface area contributed by atoms with Crippen molar-refractivity contribution in [2.24, 2.45) is 0 Å². The van der Waals surface area contributed by atoms with Gasteiger partial charge >= 0.3 is 0 Å². The largest absolute Gasteiger partial charge is 0.497 e. The maximum atomic E-state index is 5.32. The van der Waals surface area contributed by atoms with Crippen LogP contribution in [-0.2, 0) is 0 Å². The van der Waals surface area contributed by atoms with Gasteiger partial charge in [0.2, 0.25) is 0 Å². The molecule has 1 aliphatic carbocycles. The Bertz CT molecular complexity index is 462. The minimum atomic E-state index is 0.677. The molecule has 22 heavy (non-hydrogen) atoms. The number of thioether (sulfide) groups is 1. The molecule has 0 spiro atoms. The Hall–Kier alpha value is -0.940. The van der Waals surface area contributed by atoms with Crippen LogP contribution in [-0.4, -0.2) is 29.8 Å². The van der Waals surface area contributed by atoms with Gasteiger partial charge in [0.25, 0.3) is 0 Å². The number of hydrogen-bond acceptors (Lipinski definition) is 3. The molecule has 1 fully saturated rings. The molecular weight excluding hydrogens is 312 g/mol. The van der Waals surface area contributed by atoms with Crippen LogP contribution < -0.4 is 15.4 Å². The van der Waals surface area contributed by atoms with Crippen molar-refractivity contribution in [2.45, 2.75) is 43.8 Å². The van der Waals surface area contributed by atoms with E-state index in [0.29, 0.717) is 5.11 Å². The van der Waals surface area contributed by atoms with Gasteiger partial charge in [0.1, 0.15) is 5.75 Å². The molecule has 2 N–H and O–H groups in total. The van der Waals surface area contributed by atoms with Crippen LogP contribution in [0.2, 0.25) is 0 Å². The number of thiocarbonyl (C=S) groups is 1. The van der Waals surface area contributed by atoms with Crippen LogP contribution in [0.4, 0.5) is 5.69 Å². The summed E-state index contributed by atoms with van der Waals surface area (Å²) < 4.78 is 5.20. The summed E-state index contributed by atoms with van der Waals surface area (Å²) in [5.74, 6) is 2.05. The summed E-state index contributed by atoms with van der Waals surface area (Å²) in [6.07, 6.45) is 8.25. The Morgan fingerprint density at radius 1 is 1.32 bits per heavy atom. The van der Waals surface area contributed by atoms with Crippen LogP contribution in [0.1, 0.15) is 38.5 Å². The number of hydrogen-bond donors (Lipinski definition) is 2. The van der Waals surface area contributed by atoms with Gasteiger partial charge in [-0.05, 0) is 49.4 Å². The van der Waals surface area contributed by atoms with Crippen LogP contribution in [0.25, 0.3) is 0 Å². The van der Waals surface area contributed by atoms with Gasteiger partial charge in [-0.15, -0.1) is 0 Å². The highest BCUT2D eigenvalue weighted by molar-refractivity contribution is 7.99. The van der Waals surface area contributed by atoms with Gasteiger partial charge in [-0.1, -0.05) is 25.3 Å². The molecule has 1 aromatic carbocycles. The van der Waals surface area contributed by atoms with Crippen LogP contribution in [0.15, 0.2) is 24.3 Å². The van der Waals surface area contributed by atoms with E-state index < -0.39 is 0 Å². The normalized spacial score (nSPS) is 15.3. The molecule has 0 atom stereocenters. The first-order valence-electron chi connectivity index (χ1n) is 8.08. The van der Waals surface area contributed by atoms with Crippen molar-refractivity contribution in [2.75, 3.05) is 24.7 Å². The number of methoxy groups -OCH3 is 1. The molecule has 0 radical (unpaired) electrons. The number of rotatable bonds is 7. The first-order chi connectivity index (χ1) is 10.8. The van der Waals surface area contributed by atoms with Gasteiger partial charge in [0, 0.05) is 23.5 Å². The van der Waals surface area contributed by atoms with Gasteiger partial charge in [0.05, 0.1) is 7.11 Å². The van der Waals surface area contributed by atoms with Gasteiger partial charge in [-0.3, -0.25) is 0 Å². The molecule has 0 bridgehead atoms. The highest BCUT2D eigenvalue weighted by Gasteiger charge is 2.12. The number of benzene rings is 1. The SMILES string of the molecule is COc1cccc(NC(=S)NCCCSC2CCCCC2)c1. The van der Waals surface area contributed by atoms with Gasteiger partial charge in [0.15, 0.2) is 5.11 Å². The first kappa shape index (κ1) is 17.4. The molecule has 122 valence electrons. The molecule has 0 unspecified atom stereocenters. The summed E-state index contributed by atoms with van der Waals surface area (Å²) in [6, 6.07) is 7.79. The van der Waals surface area contributed by atoms with Crippen LogP contribution in [0.5, 0.6) is 5.75 Å². The summed E-state index contributed by atoms with van der Waals surface area (Å²) in [6.45, 7) is 0.926. The van der Waals surface area contributed by atoms with E-state index in [9.17, 15) is 0 Å². The van der Waals surface area contributed by atoms with Gasteiger partial charge in [-0.25, -0.2) is 0 Å². The zero-order chi connectivity index (χ0) is 15.6. The lowest BCUT2D eigenvalue weighted by atomic mass is 10.0. The third-order valence-corrected chi connectivity index (χ3v) is 5.55. The van der Waals surface area contributed by atoms with E-state index in [1.807, 2.05) is 24.3 Å². The summed E-state index contributed by atoms with van der Waals surface area (Å²) in [7, 11) is 1.67. The van der Waals surface area contributed by atoms with E-state index in [0.717, 1.165) is 29.7 Å². The van der Waals surface area contributed by atoms with E-state index in [4.69, 9.17) is 17.0 Å². The molecule has 0 heterocycles. The van der Waals surface area contributed by atoms with Crippen molar-refractivity contribution in [3.05, 3.63) is 24.3 Å². The highest BCUT2D eigenvalue weighted by Crippen LogP contribution is 2.28. The first-order valence-corrected chi connectivity index (χ1v) is 9.54. The lowest BCUT2D eigenvalue weighted by Gasteiger charge is -2.20. The lowest BCUT2D eigenvalue weighted by Crippen LogP contribution is -2.29. The summed E-state index contributed by atoms with van der Waals surface area (Å²) >= 11 is 7.46. The fraction of sp³-hybridized carbons (Fsp3) is 0.588. The van der Waals surface area contributed by atoms with Crippen molar-refractivity contribution in [1.29, 1.82) is 0 Å². The Kier molecular flexibility index (Phi) is 7.88. The Morgan fingerprint density at radius 3 is 2.91 bits per heavy atom. The third-order valence-electron chi connectivity index (χ3n) is 3.84. The number of ether oxygens (including phenoxy) is 1. The maximum absolute atomic E-state index is 5.32. The smallest absolute Gasteiger partial charge is 0.170 e. The van der Waals surface area contributed by atoms with E-state index in [1.165, 1.54) is 37.9 Å². The molecule has 2 rings (SSSR count). The number of anilines is 1. The minimum Gasteiger partial charge on any atom is -0.497 e. The molecule has 0 saturated heterocycles. The molecule has 0 aromatic heterocycles. The average Bonchev–Trinajstić information content (AvgIpc) is 2.55. The quantitative estimate of drug-likeness (QED) is 0.567. The molecule has 1 aliphatic rings. The Labute approximate surface area is 143 Å². The van der Waals surface area contributed by atoms with Crippen LogP contribution in [0, 0.1) is 0 Å². The van der Waals surface area contributed by atoms with Gasteiger partial charge < -0.3 is 15.4 Å². The fourth-order valence-electron chi connectivity index (χ4n) is 2.63. The van der Waals surface area contributed by atoms with Crippen molar-refractivity contribution in [3.8, 4) is 5.75 Å². The lowest BCUT2D eigenvalue weighted by molar-refractivity contribution is 0.415. The zero-order valence-electron chi connectivity index (χ0n) is 13.3. The minimum absolute atomic E-state index is 0.677. The standard InChI is InChI=1S/C17H26N2OS2/c1-20-15-8-5-7-14(13-15)19-17(21)18-11-6-12-22-16-9-3-2-4-10-16/h5,7-8,13,16H,2-4,6,9-12H2,1H3,(H2,18,19,21). The number of nitrogens with one attached hydrogen (secondary N) is 2. The maximum Gasteiger partial charge on any atom is 0.170 e. The molecule has 1 saturated carbocycles. The van der Waals surface area contributed by atoms with Crippen molar-refractivity contribution < 1.29 is 4.74 Å². The topological polar surface area (TPSA) is 33.3 Å². The molecule has 0 amide bonds. The molecular formula is C17H26N2OS2. The third kappa shape index (κ3) is 6.44. The van der Waals surface area contributed by atoms with Crippen LogP contribution in [0.3, 0.4) is 0 Å². The Morgan fingerprint density at radius 2 is 2.14 bits per heavy atom. The Balaban J connectivity index is 1.57. The predicted octanol–water partition coefficient (Wildman–Crippen LogP) is 4.44. The van der Waals surface area contributed by atoms with Crippen molar-refractivity contribution in [1.82, 2.24) is 5.32 Å². The molecule has 5 heteroatoms. The highest BCUT2D eigenvalue weighted by atomic mass is 32.2. The summed E-state index contributed by atoms with van der Waals surface area (Å²) in [4.78, 5) is 0. The molecule has 3 nitrogen and oxygen atoms in total. The van der Waals surface area contributed by atoms with E-state index in [2.05, 4.69) is 22.4 Å². The summed E-state index contributed by atoms with van der Waals surface area (Å²) in [5.41, 5.74) is 0.952. The second-order valence-corrected chi connectivity index (χ2v) is 7.41. The second kappa shape index (κ2) is 9.95. The van der Waals surface area contributed by atoms with Gasteiger partial charge in [-0.2, -0.15) is 11.8 Å². The fourth-order valence-corrected chi connectivity index (χ4v) is 4.16.